The first-order valence-electron chi connectivity index (χ1n) is 7.33. The number of hydrogen-bond acceptors (Lipinski definition) is 4. The molecule has 116 valence electrons. The maximum absolute atomic E-state index is 13.0. The molecule has 1 aromatic carbocycles. The van der Waals surface area contributed by atoms with Gasteiger partial charge in [0.2, 0.25) is 5.69 Å². The minimum atomic E-state index is -0.519. The molecule has 1 saturated carbocycles. The Bertz CT molecular complexity index is 663. The van der Waals surface area contributed by atoms with Crippen LogP contribution in [0.3, 0.4) is 0 Å². The predicted octanol–water partition coefficient (Wildman–Crippen LogP) is 2.98. The van der Waals surface area contributed by atoms with E-state index in [-0.39, 0.29) is 18.1 Å². The average molecular weight is 304 g/mol. The first-order chi connectivity index (χ1) is 10.7. The molecule has 22 heavy (non-hydrogen) atoms. The van der Waals surface area contributed by atoms with E-state index in [0.717, 1.165) is 12.8 Å². The smallest absolute Gasteiger partial charge is 0.362 e. The third-order valence-electron chi connectivity index (χ3n) is 3.41. The van der Waals surface area contributed by atoms with Crippen molar-refractivity contribution in [3.05, 3.63) is 42.0 Å². The van der Waals surface area contributed by atoms with Crippen LogP contribution in [0.1, 0.15) is 30.3 Å². The lowest BCUT2D eigenvalue weighted by Crippen LogP contribution is -2.09. The van der Waals surface area contributed by atoms with Gasteiger partial charge in [0, 0.05) is 0 Å². The first-order valence-corrected chi connectivity index (χ1v) is 7.33. The van der Waals surface area contributed by atoms with Gasteiger partial charge in [0.15, 0.2) is 5.75 Å². The second-order valence-electron chi connectivity index (χ2n) is 5.24. The van der Waals surface area contributed by atoms with Gasteiger partial charge in [-0.25, -0.2) is 13.9 Å². The summed E-state index contributed by atoms with van der Waals surface area (Å²) in [5.74, 6) is 0.111. The Kier molecular flexibility index (Phi) is 4.09. The van der Waals surface area contributed by atoms with Crippen LogP contribution in [-0.2, 0) is 4.74 Å². The number of benzene rings is 1. The van der Waals surface area contributed by atoms with Crippen LogP contribution in [0.4, 0.5) is 4.39 Å². The number of carbonyl (C=O) groups is 1. The number of ether oxygens (including phenoxy) is 2. The van der Waals surface area contributed by atoms with Crippen molar-refractivity contribution in [2.24, 2.45) is 5.92 Å². The third kappa shape index (κ3) is 3.27. The van der Waals surface area contributed by atoms with Crippen molar-refractivity contribution in [3.63, 3.8) is 0 Å². The second kappa shape index (κ2) is 6.17. The highest BCUT2D eigenvalue weighted by Gasteiger charge is 2.25. The standard InChI is InChI=1S/C16H17FN2O3/c1-2-21-16(20)15-14(22-10-11-3-4-11)9-19(18-15)13-7-5-12(17)6-8-13/h5-9,11H,2-4,10H2,1H3. The summed E-state index contributed by atoms with van der Waals surface area (Å²) in [6, 6.07) is 5.85. The van der Waals surface area contributed by atoms with Gasteiger partial charge in [-0.15, -0.1) is 0 Å². The Hall–Kier alpha value is -2.37. The Morgan fingerprint density at radius 3 is 2.73 bits per heavy atom. The van der Waals surface area contributed by atoms with Gasteiger partial charge >= 0.3 is 5.97 Å². The molecular formula is C16H17FN2O3. The Morgan fingerprint density at radius 2 is 2.09 bits per heavy atom. The van der Waals surface area contributed by atoms with Gasteiger partial charge in [-0.1, -0.05) is 0 Å². The summed E-state index contributed by atoms with van der Waals surface area (Å²) in [6.07, 6.45) is 3.93. The molecule has 2 aromatic rings. The van der Waals surface area contributed by atoms with Crippen LogP contribution in [0.2, 0.25) is 0 Å². The van der Waals surface area contributed by atoms with E-state index in [9.17, 15) is 9.18 Å². The molecule has 1 heterocycles. The number of halogens is 1. The van der Waals surface area contributed by atoms with E-state index in [1.165, 1.54) is 16.8 Å². The van der Waals surface area contributed by atoms with Crippen molar-refractivity contribution >= 4 is 5.97 Å². The molecule has 0 saturated heterocycles. The molecule has 1 aliphatic rings. The largest absolute Gasteiger partial charge is 0.489 e. The van der Waals surface area contributed by atoms with Gasteiger partial charge < -0.3 is 9.47 Å². The second-order valence-corrected chi connectivity index (χ2v) is 5.24. The van der Waals surface area contributed by atoms with Crippen molar-refractivity contribution < 1.29 is 18.7 Å². The SMILES string of the molecule is CCOC(=O)c1nn(-c2ccc(F)cc2)cc1OCC1CC1. The van der Waals surface area contributed by atoms with Crippen LogP contribution in [0, 0.1) is 11.7 Å². The predicted molar refractivity (Wildman–Crippen MR) is 77.7 cm³/mol. The van der Waals surface area contributed by atoms with Gasteiger partial charge in [0.05, 0.1) is 25.1 Å². The van der Waals surface area contributed by atoms with Crippen LogP contribution in [0.5, 0.6) is 5.75 Å². The lowest BCUT2D eigenvalue weighted by molar-refractivity contribution is 0.0514. The summed E-state index contributed by atoms with van der Waals surface area (Å²) in [5.41, 5.74) is 0.792. The fraction of sp³-hybridized carbons (Fsp3) is 0.375. The van der Waals surface area contributed by atoms with Gasteiger partial charge in [0.1, 0.15) is 5.82 Å². The molecule has 0 radical (unpaired) electrons. The zero-order chi connectivity index (χ0) is 15.5. The van der Waals surface area contributed by atoms with Crippen molar-refractivity contribution in [2.45, 2.75) is 19.8 Å². The summed E-state index contributed by atoms with van der Waals surface area (Å²) in [4.78, 5) is 12.0. The fourth-order valence-corrected chi connectivity index (χ4v) is 2.02. The Morgan fingerprint density at radius 1 is 1.36 bits per heavy atom. The van der Waals surface area contributed by atoms with Crippen molar-refractivity contribution in [3.8, 4) is 11.4 Å². The molecule has 1 aliphatic carbocycles. The number of aromatic nitrogens is 2. The van der Waals surface area contributed by atoms with E-state index in [1.54, 1.807) is 25.3 Å². The average Bonchev–Trinajstić information content (AvgIpc) is 3.24. The number of carbonyl (C=O) groups excluding carboxylic acids is 1. The molecule has 0 amide bonds. The van der Waals surface area contributed by atoms with Crippen LogP contribution in [0.25, 0.3) is 5.69 Å². The summed E-state index contributed by atoms with van der Waals surface area (Å²) in [5, 5.41) is 4.22. The van der Waals surface area contributed by atoms with Gasteiger partial charge in [-0.05, 0) is 49.9 Å². The molecule has 0 spiro atoms. The van der Waals surface area contributed by atoms with Crippen LogP contribution in [-0.4, -0.2) is 29.0 Å². The molecule has 0 unspecified atom stereocenters. The molecule has 0 atom stereocenters. The Balaban J connectivity index is 1.88. The van der Waals surface area contributed by atoms with Gasteiger partial charge in [-0.2, -0.15) is 5.10 Å². The van der Waals surface area contributed by atoms with Crippen molar-refractivity contribution in [1.82, 2.24) is 9.78 Å². The monoisotopic (exact) mass is 304 g/mol. The zero-order valence-corrected chi connectivity index (χ0v) is 12.3. The molecule has 0 bridgehead atoms. The lowest BCUT2D eigenvalue weighted by Gasteiger charge is -2.04. The molecular weight excluding hydrogens is 287 g/mol. The van der Waals surface area contributed by atoms with E-state index in [0.29, 0.717) is 24.0 Å². The lowest BCUT2D eigenvalue weighted by atomic mass is 10.3. The van der Waals surface area contributed by atoms with E-state index in [2.05, 4.69) is 5.10 Å². The quantitative estimate of drug-likeness (QED) is 0.770. The number of rotatable bonds is 6. The van der Waals surface area contributed by atoms with Gasteiger partial charge in [-0.3, -0.25) is 0 Å². The normalized spacial score (nSPS) is 13.9. The molecule has 1 fully saturated rings. The molecule has 3 rings (SSSR count). The van der Waals surface area contributed by atoms with Crippen LogP contribution in [0.15, 0.2) is 30.5 Å². The molecule has 6 heteroatoms. The van der Waals surface area contributed by atoms with Crippen molar-refractivity contribution in [1.29, 1.82) is 0 Å². The summed E-state index contributed by atoms with van der Waals surface area (Å²) >= 11 is 0. The summed E-state index contributed by atoms with van der Waals surface area (Å²) < 4.78 is 25.2. The molecule has 0 N–H and O–H groups in total. The first kappa shape index (κ1) is 14.6. The van der Waals surface area contributed by atoms with E-state index in [4.69, 9.17) is 9.47 Å². The number of nitrogens with zero attached hydrogens (tertiary/aromatic N) is 2. The molecule has 0 aliphatic heterocycles. The fourth-order valence-electron chi connectivity index (χ4n) is 2.02. The zero-order valence-electron chi connectivity index (χ0n) is 12.3. The molecule has 5 nitrogen and oxygen atoms in total. The van der Waals surface area contributed by atoms with Crippen LogP contribution >= 0.6 is 0 Å². The van der Waals surface area contributed by atoms with Gasteiger partial charge in [0.25, 0.3) is 0 Å². The highest BCUT2D eigenvalue weighted by molar-refractivity contribution is 5.90. The minimum Gasteiger partial charge on any atom is -0.489 e. The Labute approximate surface area is 127 Å². The number of hydrogen-bond donors (Lipinski definition) is 0. The highest BCUT2D eigenvalue weighted by atomic mass is 19.1. The topological polar surface area (TPSA) is 53.3 Å². The maximum Gasteiger partial charge on any atom is 0.362 e. The third-order valence-corrected chi connectivity index (χ3v) is 3.41. The summed E-state index contributed by atoms with van der Waals surface area (Å²) in [7, 11) is 0. The van der Waals surface area contributed by atoms with Crippen LogP contribution < -0.4 is 4.74 Å². The maximum atomic E-state index is 13.0. The minimum absolute atomic E-state index is 0.145. The number of esters is 1. The van der Waals surface area contributed by atoms with E-state index < -0.39 is 5.97 Å². The molecule has 1 aromatic heterocycles. The summed E-state index contributed by atoms with van der Waals surface area (Å²) in [6.45, 7) is 2.57. The highest BCUT2D eigenvalue weighted by Crippen LogP contribution is 2.30. The van der Waals surface area contributed by atoms with Crippen molar-refractivity contribution in [2.75, 3.05) is 13.2 Å². The van der Waals surface area contributed by atoms with E-state index >= 15 is 0 Å². The van der Waals surface area contributed by atoms with E-state index in [1.807, 2.05) is 0 Å².